The van der Waals surface area contributed by atoms with Gasteiger partial charge in [0, 0.05) is 22.0 Å². The molecule has 0 saturated heterocycles. The van der Waals surface area contributed by atoms with Gasteiger partial charge in [0.05, 0.1) is 12.1 Å². The van der Waals surface area contributed by atoms with Crippen molar-refractivity contribution in [3.63, 3.8) is 0 Å². The average molecular weight is 167 g/mol. The van der Waals surface area contributed by atoms with Crippen molar-refractivity contribution >= 4 is 23.1 Å². The molecule has 0 fully saturated rings. The fourth-order valence-electron chi connectivity index (χ4n) is 1.08. The lowest BCUT2D eigenvalue weighted by molar-refractivity contribution is 0.934. The summed E-state index contributed by atoms with van der Waals surface area (Å²) in [7, 11) is 0. The lowest BCUT2D eigenvalue weighted by Crippen LogP contribution is -1.68. The highest BCUT2D eigenvalue weighted by Crippen LogP contribution is 2.23. The number of nitrogens with one attached hydrogen (secondary N) is 1. The Hall–Kier alpha value is -0.960. The van der Waals surface area contributed by atoms with Gasteiger partial charge in [-0.25, -0.2) is 0 Å². The normalized spacial score (nSPS) is 10.6. The molecule has 0 aliphatic heterocycles. The molecule has 0 saturated carbocycles. The molecule has 3 heteroatoms. The monoisotopic (exact) mass is 167 g/mol. The predicted octanol–water partition coefficient (Wildman–Crippen LogP) is 3.14. The Morgan fingerprint density at radius 2 is 2.18 bits per heavy atom. The zero-order valence-corrected chi connectivity index (χ0v) is 6.49. The van der Waals surface area contributed by atoms with Crippen LogP contribution in [0.4, 0.5) is 3.89 Å². The standard InChI is InChI=1S/C8H6FNS/c9-11-7-1-2-8-6(5-7)3-4-10-8/h1-5,10H. The van der Waals surface area contributed by atoms with Crippen molar-refractivity contribution in [3.8, 4) is 0 Å². The number of hydrogen-bond acceptors (Lipinski definition) is 1. The Labute approximate surface area is 67.9 Å². The van der Waals surface area contributed by atoms with Crippen LogP contribution in [0.2, 0.25) is 0 Å². The van der Waals surface area contributed by atoms with Crippen molar-refractivity contribution in [1.29, 1.82) is 0 Å². The minimum absolute atomic E-state index is 0.273. The highest BCUT2D eigenvalue weighted by Gasteiger charge is 1.96. The number of benzene rings is 1. The van der Waals surface area contributed by atoms with Crippen LogP contribution in [0.1, 0.15) is 0 Å². The van der Waals surface area contributed by atoms with Gasteiger partial charge in [0.25, 0.3) is 0 Å². The maximum Gasteiger partial charge on any atom is 0.0812 e. The number of aromatic nitrogens is 1. The summed E-state index contributed by atoms with van der Waals surface area (Å²) in [5.74, 6) is 0. The van der Waals surface area contributed by atoms with Crippen LogP contribution in [0.5, 0.6) is 0 Å². The van der Waals surface area contributed by atoms with Crippen LogP contribution in [0.15, 0.2) is 35.4 Å². The van der Waals surface area contributed by atoms with Gasteiger partial charge >= 0.3 is 0 Å². The summed E-state index contributed by atoms with van der Waals surface area (Å²) in [5, 5.41) is 1.05. The molecule has 1 aromatic heterocycles. The van der Waals surface area contributed by atoms with Crippen molar-refractivity contribution in [1.82, 2.24) is 4.98 Å². The molecular formula is C8H6FNS. The van der Waals surface area contributed by atoms with Gasteiger partial charge in [0.1, 0.15) is 0 Å². The highest BCUT2D eigenvalue weighted by atomic mass is 32.2. The maximum absolute atomic E-state index is 12.1. The molecule has 0 aliphatic rings. The summed E-state index contributed by atoms with van der Waals surface area (Å²) in [6.07, 6.45) is 1.84. The van der Waals surface area contributed by atoms with Gasteiger partial charge in [0.15, 0.2) is 0 Å². The number of rotatable bonds is 1. The molecule has 1 N–H and O–H groups in total. The van der Waals surface area contributed by atoms with Crippen LogP contribution < -0.4 is 0 Å². The molecule has 2 rings (SSSR count). The van der Waals surface area contributed by atoms with E-state index in [1.54, 1.807) is 6.07 Å². The van der Waals surface area contributed by atoms with Gasteiger partial charge in [-0.2, -0.15) is 3.89 Å². The van der Waals surface area contributed by atoms with E-state index in [-0.39, 0.29) is 12.1 Å². The van der Waals surface area contributed by atoms with E-state index in [2.05, 4.69) is 4.98 Å². The minimum atomic E-state index is 0.273. The first-order valence-electron chi connectivity index (χ1n) is 3.26. The Morgan fingerprint density at radius 1 is 1.27 bits per heavy atom. The number of halogens is 1. The second kappa shape index (κ2) is 2.58. The summed E-state index contributed by atoms with van der Waals surface area (Å²) < 4.78 is 12.1. The summed E-state index contributed by atoms with van der Waals surface area (Å²) in [4.78, 5) is 3.69. The fraction of sp³-hybridized carbons (Fsp3) is 0. The van der Waals surface area contributed by atoms with E-state index in [1.165, 1.54) is 0 Å². The van der Waals surface area contributed by atoms with Crippen LogP contribution in [0.25, 0.3) is 10.9 Å². The van der Waals surface area contributed by atoms with Gasteiger partial charge in [-0.15, -0.1) is 0 Å². The van der Waals surface area contributed by atoms with E-state index >= 15 is 0 Å². The third-order valence-electron chi connectivity index (χ3n) is 1.61. The molecule has 0 atom stereocenters. The van der Waals surface area contributed by atoms with Gasteiger partial charge < -0.3 is 4.98 Å². The fourth-order valence-corrected chi connectivity index (χ4v) is 1.37. The highest BCUT2D eigenvalue weighted by molar-refractivity contribution is 7.94. The molecule has 0 radical (unpaired) electrons. The van der Waals surface area contributed by atoms with Crippen LogP contribution in [0.3, 0.4) is 0 Å². The Morgan fingerprint density at radius 3 is 3.00 bits per heavy atom. The first kappa shape index (κ1) is 6.73. The second-order valence-corrected chi connectivity index (χ2v) is 2.93. The number of aromatic amines is 1. The molecule has 56 valence electrons. The van der Waals surface area contributed by atoms with Crippen LogP contribution >= 0.6 is 12.1 Å². The third kappa shape index (κ3) is 1.12. The van der Waals surface area contributed by atoms with Crippen LogP contribution in [-0.4, -0.2) is 4.98 Å². The molecular weight excluding hydrogens is 161 g/mol. The summed E-state index contributed by atoms with van der Waals surface area (Å²) in [6.45, 7) is 0. The molecule has 11 heavy (non-hydrogen) atoms. The Bertz CT molecular complexity index is 369. The summed E-state index contributed by atoms with van der Waals surface area (Å²) >= 11 is 0.273. The molecule has 1 nitrogen and oxygen atoms in total. The molecule has 1 aromatic carbocycles. The minimum Gasteiger partial charge on any atom is -0.361 e. The molecule has 2 aromatic rings. The van der Waals surface area contributed by atoms with Gasteiger partial charge in [-0.3, -0.25) is 0 Å². The maximum atomic E-state index is 12.1. The lowest BCUT2D eigenvalue weighted by Gasteiger charge is -1.91. The van der Waals surface area contributed by atoms with Gasteiger partial charge in [-0.1, -0.05) is 0 Å². The SMILES string of the molecule is FSc1ccc2[nH]ccc2c1. The number of hydrogen-bond donors (Lipinski definition) is 1. The quantitative estimate of drug-likeness (QED) is 0.689. The van der Waals surface area contributed by atoms with E-state index in [0.29, 0.717) is 4.90 Å². The number of H-pyrrole nitrogens is 1. The lowest BCUT2D eigenvalue weighted by atomic mass is 10.2. The van der Waals surface area contributed by atoms with E-state index in [0.717, 1.165) is 10.9 Å². The molecule has 0 bridgehead atoms. The Balaban J connectivity index is 2.67. The van der Waals surface area contributed by atoms with E-state index in [9.17, 15) is 3.89 Å². The first-order valence-corrected chi connectivity index (χ1v) is 3.97. The van der Waals surface area contributed by atoms with Gasteiger partial charge in [-0.05, 0) is 24.3 Å². The summed E-state index contributed by atoms with van der Waals surface area (Å²) in [6, 6.07) is 7.37. The van der Waals surface area contributed by atoms with Crippen LogP contribution in [0, 0.1) is 0 Å². The predicted molar refractivity (Wildman–Crippen MR) is 45.3 cm³/mol. The Kier molecular flexibility index (Phi) is 1.58. The van der Waals surface area contributed by atoms with E-state index < -0.39 is 0 Å². The van der Waals surface area contributed by atoms with Crippen LogP contribution in [-0.2, 0) is 0 Å². The molecule has 1 heterocycles. The third-order valence-corrected chi connectivity index (χ3v) is 2.05. The van der Waals surface area contributed by atoms with Gasteiger partial charge in [0.2, 0.25) is 0 Å². The number of fused-ring (bicyclic) bond motifs is 1. The van der Waals surface area contributed by atoms with Crippen molar-refractivity contribution in [2.24, 2.45) is 0 Å². The van der Waals surface area contributed by atoms with E-state index in [1.807, 2.05) is 24.4 Å². The molecule has 0 spiro atoms. The molecule has 0 unspecified atom stereocenters. The first-order chi connectivity index (χ1) is 5.40. The van der Waals surface area contributed by atoms with E-state index in [4.69, 9.17) is 0 Å². The van der Waals surface area contributed by atoms with Crippen molar-refractivity contribution < 1.29 is 3.89 Å². The molecule has 0 aliphatic carbocycles. The second-order valence-electron chi connectivity index (χ2n) is 2.30. The average Bonchev–Trinajstić information content (AvgIpc) is 2.50. The van der Waals surface area contributed by atoms with Crippen molar-refractivity contribution in [2.75, 3.05) is 0 Å². The smallest absolute Gasteiger partial charge is 0.0812 e. The molecule has 0 amide bonds. The summed E-state index contributed by atoms with van der Waals surface area (Å²) in [5.41, 5.74) is 1.04. The van der Waals surface area contributed by atoms with Crippen molar-refractivity contribution in [2.45, 2.75) is 4.90 Å². The zero-order valence-electron chi connectivity index (χ0n) is 5.67. The largest absolute Gasteiger partial charge is 0.361 e. The van der Waals surface area contributed by atoms with Crippen molar-refractivity contribution in [3.05, 3.63) is 30.5 Å². The topological polar surface area (TPSA) is 15.8 Å². The zero-order chi connectivity index (χ0) is 7.68.